The molecule has 15 nitrogen and oxygen atoms in total. The van der Waals surface area contributed by atoms with Crippen LogP contribution in [0.25, 0.3) is 16.6 Å². The number of halogens is 1. The molecule has 0 atom stereocenters. The van der Waals surface area contributed by atoms with Crippen molar-refractivity contribution in [2.75, 3.05) is 69.2 Å². The van der Waals surface area contributed by atoms with Gasteiger partial charge in [0.2, 0.25) is 0 Å². The average Bonchev–Trinajstić information content (AvgIpc) is 3.79. The third-order valence-corrected chi connectivity index (χ3v) is 15.2. The molecular formula is C49H57ClN8O7S. The number of carbonyl (C=O) groups is 1. The summed E-state index contributed by atoms with van der Waals surface area (Å²) >= 11 is 6.25. The van der Waals surface area contributed by atoms with Crippen LogP contribution in [-0.4, -0.2) is 110 Å². The molecule has 5 aromatic rings. The van der Waals surface area contributed by atoms with Gasteiger partial charge in [0, 0.05) is 106 Å². The third-order valence-electron chi connectivity index (χ3n) is 13.6. The summed E-state index contributed by atoms with van der Waals surface area (Å²) in [6.07, 6.45) is 10.1. The number of piperazine rings is 1. The van der Waals surface area contributed by atoms with Crippen LogP contribution >= 0.6 is 11.6 Å². The summed E-state index contributed by atoms with van der Waals surface area (Å²) in [5, 5.41) is 17.1. The monoisotopic (exact) mass is 936 g/mol. The van der Waals surface area contributed by atoms with Gasteiger partial charge >= 0.3 is 0 Å². The van der Waals surface area contributed by atoms with E-state index in [1.54, 1.807) is 30.5 Å². The molecule has 1 aliphatic carbocycles. The normalized spacial score (nSPS) is 19.2. The Hall–Kier alpha value is -5.52. The fraction of sp³-hybridized carbons (Fsp3) is 0.429. The second-order valence-corrected chi connectivity index (χ2v) is 20.8. The predicted octanol–water partition coefficient (Wildman–Crippen LogP) is 8.88. The van der Waals surface area contributed by atoms with Crippen LogP contribution in [0.3, 0.4) is 0 Å². The van der Waals surface area contributed by atoms with E-state index in [-0.39, 0.29) is 34.1 Å². The first-order chi connectivity index (χ1) is 31.8. The van der Waals surface area contributed by atoms with Gasteiger partial charge in [0.15, 0.2) is 0 Å². The lowest BCUT2D eigenvalue weighted by Gasteiger charge is -2.39. The number of rotatable bonds is 13. The molecule has 17 heteroatoms. The van der Waals surface area contributed by atoms with E-state index in [2.05, 4.69) is 60.7 Å². The number of pyridine rings is 1. The summed E-state index contributed by atoms with van der Waals surface area (Å²) < 4.78 is 41.7. The highest BCUT2D eigenvalue weighted by Crippen LogP contribution is 2.43. The number of allylic oxidation sites excluding steroid dienone is 1. The number of hydrogen-bond acceptors (Lipinski definition) is 12. The van der Waals surface area contributed by atoms with Gasteiger partial charge in [-0.2, -0.15) is 0 Å². The minimum atomic E-state index is -4.57. The highest BCUT2D eigenvalue weighted by molar-refractivity contribution is 7.90. The number of fused-ring (bicyclic) bond motifs is 1. The summed E-state index contributed by atoms with van der Waals surface area (Å²) in [5.74, 6) is -0.455. The molecule has 0 saturated carbocycles. The molecule has 0 unspecified atom stereocenters. The smallest absolute Gasteiger partial charge is 0.293 e. The van der Waals surface area contributed by atoms with Crippen LogP contribution < -0.4 is 19.7 Å². The molecule has 0 spiro atoms. The molecule has 3 saturated heterocycles. The number of likely N-dealkylation sites (tertiary alicyclic amines) is 1. The highest BCUT2D eigenvalue weighted by atomic mass is 35.5. The lowest BCUT2D eigenvalue weighted by atomic mass is 9.72. The van der Waals surface area contributed by atoms with Gasteiger partial charge < -0.3 is 29.6 Å². The van der Waals surface area contributed by atoms with E-state index in [4.69, 9.17) is 21.1 Å². The average molecular weight is 938 g/mol. The number of nitrogens with zero attached hydrogens (tertiary/aromatic N) is 5. The van der Waals surface area contributed by atoms with E-state index >= 15 is 0 Å². The number of aromatic nitrogens is 2. The maximum absolute atomic E-state index is 14.0. The standard InChI is InChI=1S/C49H57ClN8O7S/c1-49(2)17-11-35(43(30-49)33-3-5-36(50)6-4-33)32-55-21-23-57(24-22-55)39-7-9-42(46(28-39)65-40-27-34-12-18-51-47(34)52-31-40)48(59)54-66(62,63)41-8-10-44(45(29-41)58(60)61)53-37-13-19-56(20-14-37)38-15-25-64-26-16-38/h3-10,12,18,27-29,31,37-38,53H,11,13-17,19-26,30,32H2,1-2H3,(H,51,52)(H,54,59). The molecule has 348 valence electrons. The number of carbonyl (C=O) groups excluding carboxylic acids is 1. The molecule has 3 fully saturated rings. The van der Waals surface area contributed by atoms with Crippen molar-refractivity contribution in [2.24, 2.45) is 5.41 Å². The number of nitro groups is 1. The van der Waals surface area contributed by atoms with Crippen LogP contribution in [0, 0.1) is 15.5 Å². The van der Waals surface area contributed by atoms with Gasteiger partial charge in [-0.1, -0.05) is 43.2 Å². The summed E-state index contributed by atoms with van der Waals surface area (Å²) in [7, 11) is -4.57. The van der Waals surface area contributed by atoms with Crippen molar-refractivity contribution in [3.05, 3.63) is 117 Å². The summed E-state index contributed by atoms with van der Waals surface area (Å²) in [6, 6.07) is 21.1. The van der Waals surface area contributed by atoms with Gasteiger partial charge in [-0.3, -0.25) is 19.8 Å². The van der Waals surface area contributed by atoms with E-state index in [0.29, 0.717) is 17.4 Å². The van der Waals surface area contributed by atoms with Crippen molar-refractivity contribution in [2.45, 2.75) is 75.8 Å². The molecule has 3 aromatic carbocycles. The molecular weight excluding hydrogens is 880 g/mol. The molecule has 3 aliphatic heterocycles. The topological polar surface area (TPSA) is 175 Å². The predicted molar refractivity (Wildman–Crippen MR) is 257 cm³/mol. The number of anilines is 2. The minimum absolute atomic E-state index is 0.0126. The van der Waals surface area contributed by atoms with E-state index in [9.17, 15) is 23.3 Å². The minimum Gasteiger partial charge on any atom is -0.455 e. The molecule has 1 amide bonds. The zero-order valence-electron chi connectivity index (χ0n) is 37.4. The van der Waals surface area contributed by atoms with Crippen LogP contribution in [0.2, 0.25) is 5.02 Å². The zero-order chi connectivity index (χ0) is 46.0. The number of nitrogens with one attached hydrogen (secondary N) is 3. The lowest BCUT2D eigenvalue weighted by Crippen LogP contribution is -2.47. The summed E-state index contributed by atoms with van der Waals surface area (Å²) in [5.41, 5.74) is 5.62. The second-order valence-electron chi connectivity index (χ2n) is 18.7. The number of ether oxygens (including phenoxy) is 2. The molecule has 9 rings (SSSR count). The molecule has 0 bridgehead atoms. The van der Waals surface area contributed by atoms with Gasteiger partial charge in [0.05, 0.1) is 21.6 Å². The first kappa shape index (κ1) is 45.6. The number of amides is 1. The van der Waals surface area contributed by atoms with E-state index in [1.165, 1.54) is 35.0 Å². The first-order valence-corrected chi connectivity index (χ1v) is 24.8. The Kier molecular flexibility index (Phi) is 13.4. The van der Waals surface area contributed by atoms with Crippen molar-refractivity contribution >= 4 is 61.2 Å². The number of hydrogen-bond donors (Lipinski definition) is 3. The van der Waals surface area contributed by atoms with Crippen molar-refractivity contribution in [1.82, 2.24) is 24.5 Å². The number of aromatic amines is 1. The maximum atomic E-state index is 14.0. The van der Waals surface area contributed by atoms with E-state index in [0.717, 1.165) is 126 Å². The van der Waals surface area contributed by atoms with Gasteiger partial charge in [-0.25, -0.2) is 18.1 Å². The Bertz CT molecular complexity index is 2720. The van der Waals surface area contributed by atoms with E-state index < -0.39 is 25.7 Å². The highest BCUT2D eigenvalue weighted by Gasteiger charge is 2.32. The van der Waals surface area contributed by atoms with Crippen molar-refractivity contribution < 1.29 is 27.6 Å². The molecule has 4 aliphatic rings. The molecule has 2 aromatic heterocycles. The van der Waals surface area contributed by atoms with Crippen molar-refractivity contribution in [3.63, 3.8) is 0 Å². The van der Waals surface area contributed by atoms with Crippen molar-refractivity contribution in [3.8, 4) is 11.5 Å². The Morgan fingerprint density at radius 3 is 2.47 bits per heavy atom. The summed E-state index contributed by atoms with van der Waals surface area (Å²) in [4.78, 5) is 40.0. The second kappa shape index (κ2) is 19.4. The molecule has 3 N–H and O–H groups in total. The fourth-order valence-corrected chi connectivity index (χ4v) is 11.0. The SMILES string of the molecule is CC1(C)CCC(CN2CCN(c3ccc(C(=O)NS(=O)(=O)c4ccc(NC5CCN(C6CCOCC6)CC5)c([N+](=O)[O-])c4)c(Oc4cnc5[nH]ccc5c4)c3)CC2)=C(c2ccc(Cl)cc2)C1. The summed E-state index contributed by atoms with van der Waals surface area (Å²) in [6.45, 7) is 11.9. The Morgan fingerprint density at radius 2 is 1.73 bits per heavy atom. The van der Waals surface area contributed by atoms with Crippen LogP contribution in [0.4, 0.5) is 17.1 Å². The maximum Gasteiger partial charge on any atom is 0.293 e. The van der Waals surface area contributed by atoms with Crippen LogP contribution in [0.15, 0.2) is 95.7 Å². The fourth-order valence-electron chi connectivity index (χ4n) is 9.85. The largest absolute Gasteiger partial charge is 0.455 e. The number of benzene rings is 3. The lowest BCUT2D eigenvalue weighted by molar-refractivity contribution is -0.384. The van der Waals surface area contributed by atoms with Gasteiger partial charge in [-0.15, -0.1) is 0 Å². The molecule has 0 radical (unpaired) electrons. The first-order valence-electron chi connectivity index (χ1n) is 22.9. The quantitative estimate of drug-likeness (QED) is 0.0757. The van der Waals surface area contributed by atoms with Gasteiger partial charge in [0.1, 0.15) is 22.8 Å². The van der Waals surface area contributed by atoms with Crippen LogP contribution in [0.1, 0.15) is 74.7 Å². The Balaban J connectivity index is 0.904. The van der Waals surface area contributed by atoms with Gasteiger partial charge in [0.25, 0.3) is 21.6 Å². The Labute approximate surface area is 390 Å². The Morgan fingerprint density at radius 1 is 0.970 bits per heavy atom. The van der Waals surface area contributed by atoms with Crippen molar-refractivity contribution in [1.29, 1.82) is 0 Å². The third kappa shape index (κ3) is 10.5. The molecule has 5 heterocycles. The number of piperidine rings is 1. The van der Waals surface area contributed by atoms with Crippen LogP contribution in [-0.2, 0) is 14.8 Å². The molecule has 66 heavy (non-hydrogen) atoms. The van der Waals surface area contributed by atoms with E-state index in [1.807, 2.05) is 18.2 Å². The number of sulfonamides is 1. The number of H-pyrrole nitrogens is 1. The van der Waals surface area contributed by atoms with Crippen LogP contribution in [0.5, 0.6) is 11.5 Å². The van der Waals surface area contributed by atoms with Gasteiger partial charge in [-0.05, 0) is 110 Å². The number of nitro benzene ring substituents is 1. The zero-order valence-corrected chi connectivity index (χ0v) is 39.0.